The normalized spacial score (nSPS) is 16.8. The van der Waals surface area contributed by atoms with Crippen LogP contribution in [0.15, 0.2) is 0 Å². The fraction of sp³-hybridized carbons (Fsp3) is 0.667. The lowest BCUT2D eigenvalue weighted by Gasteiger charge is -2.22. The van der Waals surface area contributed by atoms with Crippen LogP contribution in [0.1, 0.15) is 12.2 Å². The van der Waals surface area contributed by atoms with Crippen LogP contribution >= 0.6 is 0 Å². The minimum Gasteiger partial charge on any atom is -0.480 e. The second-order valence-electron chi connectivity index (χ2n) is 5.13. The van der Waals surface area contributed by atoms with Gasteiger partial charge in [-0.05, 0) is 16.3 Å². The molecule has 1 aliphatic heterocycles. The number of nitrogens with zero attached hydrogens (tertiary/aromatic N) is 5. The van der Waals surface area contributed by atoms with Crippen LogP contribution in [0.2, 0.25) is 0 Å². The quantitative estimate of drug-likeness (QED) is 0.626. The van der Waals surface area contributed by atoms with E-state index in [1.165, 1.54) is 0 Å². The topological polar surface area (TPSA) is 105 Å². The maximum Gasteiger partial charge on any atom is 0.406 e. The largest absolute Gasteiger partial charge is 0.480 e. The Morgan fingerprint density at radius 2 is 2.10 bits per heavy atom. The van der Waals surface area contributed by atoms with Gasteiger partial charge in [-0.1, -0.05) is 0 Å². The molecule has 0 aliphatic carbocycles. The molecule has 0 aromatic carbocycles. The van der Waals surface area contributed by atoms with Gasteiger partial charge in [0.25, 0.3) is 0 Å². The molecule has 1 aliphatic rings. The van der Waals surface area contributed by atoms with Gasteiger partial charge in [0.05, 0.1) is 6.54 Å². The van der Waals surface area contributed by atoms with Gasteiger partial charge >= 0.3 is 11.8 Å². The minimum absolute atomic E-state index is 0.000345. The summed E-state index contributed by atoms with van der Waals surface area (Å²) in [6, 6.07) is 0. The average molecular weight is 297 g/mol. The third kappa shape index (κ3) is 3.30. The molecular formula is C12H19N5O4. The third-order valence-corrected chi connectivity index (χ3v) is 3.69. The first kappa shape index (κ1) is 15.2. The van der Waals surface area contributed by atoms with Gasteiger partial charge in [0, 0.05) is 40.2 Å². The van der Waals surface area contributed by atoms with Gasteiger partial charge in [-0.15, -0.1) is 0 Å². The summed E-state index contributed by atoms with van der Waals surface area (Å²) in [5.74, 6) is 0.0884. The van der Waals surface area contributed by atoms with Crippen LogP contribution in [-0.2, 0) is 11.8 Å². The molecule has 21 heavy (non-hydrogen) atoms. The van der Waals surface area contributed by atoms with E-state index in [2.05, 4.69) is 4.98 Å². The molecule has 1 aromatic rings. The van der Waals surface area contributed by atoms with Crippen molar-refractivity contribution in [1.29, 1.82) is 0 Å². The second-order valence-corrected chi connectivity index (χ2v) is 5.13. The number of aryl methyl sites for hydroxylation is 1. The minimum atomic E-state index is -0.856. The molecule has 1 aromatic heterocycles. The van der Waals surface area contributed by atoms with Gasteiger partial charge in [-0.2, -0.15) is 0 Å². The SMILES string of the molecule is Cc1nc([N+](=O)[O-])c(N2CCCN(CC(=O)O)CC2)n1C. The first-order valence-corrected chi connectivity index (χ1v) is 6.77. The molecular weight excluding hydrogens is 278 g/mol. The van der Waals surface area contributed by atoms with Crippen LogP contribution in [0, 0.1) is 17.0 Å². The van der Waals surface area contributed by atoms with Gasteiger partial charge < -0.3 is 20.1 Å². The smallest absolute Gasteiger partial charge is 0.406 e. The van der Waals surface area contributed by atoms with E-state index in [1.54, 1.807) is 18.5 Å². The van der Waals surface area contributed by atoms with E-state index in [0.29, 0.717) is 37.8 Å². The average Bonchev–Trinajstić information content (AvgIpc) is 2.59. The highest BCUT2D eigenvalue weighted by molar-refractivity contribution is 5.69. The fourth-order valence-corrected chi connectivity index (χ4v) is 2.59. The van der Waals surface area contributed by atoms with Crippen LogP contribution in [0.5, 0.6) is 0 Å². The molecule has 2 rings (SSSR count). The van der Waals surface area contributed by atoms with Crippen molar-refractivity contribution in [1.82, 2.24) is 14.5 Å². The third-order valence-electron chi connectivity index (χ3n) is 3.69. The van der Waals surface area contributed by atoms with Crippen LogP contribution in [0.25, 0.3) is 0 Å². The van der Waals surface area contributed by atoms with Crippen molar-refractivity contribution in [3.63, 3.8) is 0 Å². The standard InChI is InChI=1S/C12H19N5O4/c1-9-13-11(17(20)21)12(14(9)2)16-5-3-4-15(6-7-16)8-10(18)19/h3-8H2,1-2H3,(H,18,19). The maximum atomic E-state index is 11.1. The first-order chi connectivity index (χ1) is 9.90. The van der Waals surface area contributed by atoms with Crippen LogP contribution in [0.3, 0.4) is 0 Å². The van der Waals surface area contributed by atoms with Gasteiger partial charge in [-0.25, -0.2) is 0 Å². The molecule has 0 atom stereocenters. The van der Waals surface area contributed by atoms with Crippen molar-refractivity contribution in [2.45, 2.75) is 13.3 Å². The zero-order valence-corrected chi connectivity index (χ0v) is 12.2. The summed E-state index contributed by atoms with van der Waals surface area (Å²) in [5.41, 5.74) is 0. The maximum absolute atomic E-state index is 11.1. The molecule has 0 saturated carbocycles. The number of carboxylic acids is 1. The highest BCUT2D eigenvalue weighted by atomic mass is 16.6. The van der Waals surface area contributed by atoms with E-state index in [4.69, 9.17) is 5.11 Å². The molecule has 1 N–H and O–H groups in total. The predicted octanol–water partition coefficient (Wildman–Crippen LogP) is 0.233. The van der Waals surface area contributed by atoms with E-state index in [-0.39, 0.29) is 12.4 Å². The fourth-order valence-electron chi connectivity index (χ4n) is 2.59. The molecule has 0 unspecified atom stereocenters. The lowest BCUT2D eigenvalue weighted by molar-refractivity contribution is -0.388. The Labute approximate surface area is 121 Å². The zero-order chi connectivity index (χ0) is 15.6. The number of imidazole rings is 1. The number of aliphatic carboxylic acids is 1. The van der Waals surface area contributed by atoms with Crippen molar-refractivity contribution in [3.8, 4) is 0 Å². The van der Waals surface area contributed by atoms with Gasteiger partial charge in [0.1, 0.15) is 0 Å². The Bertz CT molecular complexity index is 556. The number of nitro groups is 1. The summed E-state index contributed by atoms with van der Waals surface area (Å²) in [4.78, 5) is 29.2. The summed E-state index contributed by atoms with van der Waals surface area (Å²) < 4.78 is 1.71. The van der Waals surface area contributed by atoms with E-state index in [0.717, 1.165) is 6.42 Å². The van der Waals surface area contributed by atoms with Crippen molar-refractivity contribution in [2.75, 3.05) is 37.6 Å². The number of carboxylic acid groups (broad SMARTS) is 1. The Morgan fingerprint density at radius 3 is 2.71 bits per heavy atom. The van der Waals surface area contributed by atoms with E-state index in [1.807, 2.05) is 9.80 Å². The van der Waals surface area contributed by atoms with Crippen molar-refractivity contribution < 1.29 is 14.8 Å². The van der Waals surface area contributed by atoms with Crippen LogP contribution < -0.4 is 4.90 Å². The summed E-state index contributed by atoms with van der Waals surface area (Å²) in [7, 11) is 1.75. The molecule has 116 valence electrons. The Morgan fingerprint density at radius 1 is 1.38 bits per heavy atom. The van der Waals surface area contributed by atoms with E-state index >= 15 is 0 Å². The first-order valence-electron chi connectivity index (χ1n) is 6.77. The molecule has 9 nitrogen and oxygen atoms in total. The molecule has 0 amide bonds. The number of hydrogen-bond acceptors (Lipinski definition) is 6. The Kier molecular flexibility index (Phi) is 4.41. The van der Waals surface area contributed by atoms with E-state index in [9.17, 15) is 14.9 Å². The number of aromatic nitrogens is 2. The van der Waals surface area contributed by atoms with Crippen LogP contribution in [-0.4, -0.2) is 63.2 Å². The lowest BCUT2D eigenvalue weighted by atomic mass is 10.3. The summed E-state index contributed by atoms with van der Waals surface area (Å²) in [6.07, 6.45) is 0.759. The monoisotopic (exact) mass is 297 g/mol. The highest BCUT2D eigenvalue weighted by Gasteiger charge is 2.29. The zero-order valence-electron chi connectivity index (χ0n) is 12.2. The molecule has 9 heteroatoms. The van der Waals surface area contributed by atoms with Gasteiger partial charge in [0.2, 0.25) is 11.6 Å². The molecule has 1 fully saturated rings. The highest BCUT2D eigenvalue weighted by Crippen LogP contribution is 2.28. The van der Waals surface area contributed by atoms with E-state index < -0.39 is 10.9 Å². The van der Waals surface area contributed by atoms with Gasteiger partial charge in [-0.3, -0.25) is 14.3 Å². The molecule has 2 heterocycles. The second kappa shape index (κ2) is 6.08. The van der Waals surface area contributed by atoms with Crippen molar-refractivity contribution in [3.05, 3.63) is 15.9 Å². The van der Waals surface area contributed by atoms with Crippen molar-refractivity contribution >= 4 is 17.6 Å². The molecule has 1 saturated heterocycles. The van der Waals surface area contributed by atoms with Crippen LogP contribution in [0.4, 0.5) is 11.6 Å². The molecule has 0 radical (unpaired) electrons. The number of carbonyl (C=O) groups is 1. The summed E-state index contributed by atoms with van der Waals surface area (Å²) in [6.45, 7) is 4.16. The summed E-state index contributed by atoms with van der Waals surface area (Å²) >= 11 is 0. The summed E-state index contributed by atoms with van der Waals surface area (Å²) in [5, 5.41) is 20.0. The number of hydrogen-bond donors (Lipinski definition) is 1. The Hall–Kier alpha value is -2.16. The predicted molar refractivity (Wildman–Crippen MR) is 75.5 cm³/mol. The number of anilines is 1. The number of rotatable bonds is 4. The molecule has 0 spiro atoms. The Balaban J connectivity index is 2.19. The molecule has 0 bridgehead atoms. The lowest BCUT2D eigenvalue weighted by Crippen LogP contribution is -2.34. The van der Waals surface area contributed by atoms with Crippen molar-refractivity contribution in [2.24, 2.45) is 7.05 Å². The van der Waals surface area contributed by atoms with Gasteiger partial charge in [0.15, 0.2) is 0 Å².